The number of hydrogen-bond donors (Lipinski definition) is 2. The van der Waals surface area contributed by atoms with Crippen LogP contribution in [0.15, 0.2) is 24.4 Å². The third-order valence-corrected chi connectivity index (χ3v) is 5.88. The number of carbonyl (C=O) groups is 1. The normalized spacial score (nSPS) is 25.8. The zero-order valence-electron chi connectivity index (χ0n) is 14.1. The molecule has 0 spiro atoms. The molecule has 0 bridgehead atoms. The summed E-state index contributed by atoms with van der Waals surface area (Å²) in [5.74, 6) is 1.47. The summed E-state index contributed by atoms with van der Waals surface area (Å²) in [5.41, 5.74) is 9.85. The summed E-state index contributed by atoms with van der Waals surface area (Å²) in [7, 11) is 0. The number of hydrogen-bond acceptors (Lipinski definition) is 2. The average molecular weight is 348 g/mol. The first kappa shape index (κ1) is 17.3. The smallest absolute Gasteiger partial charge is 0.222 e. The average Bonchev–Trinajstić information content (AvgIpc) is 3.22. The quantitative estimate of drug-likeness (QED) is 0.896. The van der Waals surface area contributed by atoms with E-state index in [-0.39, 0.29) is 18.3 Å². The highest BCUT2D eigenvalue weighted by atomic mass is 35.5. The molecule has 3 unspecified atom stereocenters. The molecule has 1 saturated heterocycles. The summed E-state index contributed by atoms with van der Waals surface area (Å²) in [6.45, 7) is 3.90. The van der Waals surface area contributed by atoms with Gasteiger partial charge in [0.15, 0.2) is 0 Å². The Labute approximate surface area is 149 Å². The van der Waals surface area contributed by atoms with Crippen molar-refractivity contribution >= 4 is 29.2 Å². The molecule has 2 aliphatic rings. The minimum absolute atomic E-state index is 0. The van der Waals surface area contributed by atoms with Gasteiger partial charge >= 0.3 is 0 Å². The number of fused-ring (bicyclic) bond motifs is 2. The second-order valence-corrected chi connectivity index (χ2v) is 7.28. The van der Waals surface area contributed by atoms with E-state index in [4.69, 9.17) is 5.73 Å². The van der Waals surface area contributed by atoms with Gasteiger partial charge in [-0.25, -0.2) is 0 Å². The second-order valence-electron chi connectivity index (χ2n) is 7.28. The zero-order chi connectivity index (χ0) is 16.0. The van der Waals surface area contributed by atoms with E-state index in [1.165, 1.54) is 28.5 Å². The van der Waals surface area contributed by atoms with Crippen LogP contribution in [0.5, 0.6) is 0 Å². The van der Waals surface area contributed by atoms with E-state index in [1.807, 2.05) is 0 Å². The van der Waals surface area contributed by atoms with Crippen LogP contribution in [-0.2, 0) is 11.2 Å². The number of nitrogens with one attached hydrogen (secondary N) is 1. The maximum absolute atomic E-state index is 12.6. The molecule has 1 saturated carbocycles. The first-order valence-electron chi connectivity index (χ1n) is 8.72. The molecular weight excluding hydrogens is 322 g/mol. The number of nitrogens with two attached hydrogens (primary N) is 1. The van der Waals surface area contributed by atoms with Crippen molar-refractivity contribution in [3.8, 4) is 0 Å². The number of halogens is 1. The number of H-pyrrole nitrogens is 1. The summed E-state index contributed by atoms with van der Waals surface area (Å²) >= 11 is 0. The number of benzene rings is 1. The van der Waals surface area contributed by atoms with Gasteiger partial charge < -0.3 is 15.6 Å². The number of aromatic nitrogens is 1. The van der Waals surface area contributed by atoms with Gasteiger partial charge in [-0.3, -0.25) is 4.79 Å². The van der Waals surface area contributed by atoms with Crippen molar-refractivity contribution in [2.45, 2.75) is 38.6 Å². The zero-order valence-corrected chi connectivity index (χ0v) is 14.9. The van der Waals surface area contributed by atoms with Gasteiger partial charge in [-0.05, 0) is 49.1 Å². The maximum Gasteiger partial charge on any atom is 0.222 e. The molecule has 1 aromatic heterocycles. The Morgan fingerprint density at radius 3 is 2.96 bits per heavy atom. The van der Waals surface area contributed by atoms with Crippen LogP contribution in [-0.4, -0.2) is 34.9 Å². The minimum Gasteiger partial charge on any atom is -0.361 e. The van der Waals surface area contributed by atoms with E-state index in [0.29, 0.717) is 24.3 Å². The number of aromatic amines is 1. The van der Waals surface area contributed by atoms with Crippen LogP contribution < -0.4 is 5.73 Å². The first-order valence-corrected chi connectivity index (χ1v) is 8.72. The van der Waals surface area contributed by atoms with Crippen LogP contribution in [0.1, 0.15) is 30.4 Å². The molecule has 2 aromatic rings. The Morgan fingerprint density at radius 1 is 1.33 bits per heavy atom. The van der Waals surface area contributed by atoms with E-state index in [1.54, 1.807) is 0 Å². The van der Waals surface area contributed by atoms with Crippen LogP contribution in [0.25, 0.3) is 10.9 Å². The molecule has 3 N–H and O–H groups in total. The lowest BCUT2D eigenvalue weighted by atomic mass is 9.98. The number of nitrogens with zero attached hydrogens (tertiary/aromatic N) is 1. The lowest BCUT2D eigenvalue weighted by Gasteiger charge is -2.18. The SMILES string of the molecule is Cc1cccc2c(CCC(=O)N3CC4CCC(N)C4C3)c[nH]c12.Cl. The third-order valence-electron chi connectivity index (χ3n) is 5.88. The van der Waals surface area contributed by atoms with Crippen LogP contribution in [0.3, 0.4) is 0 Å². The van der Waals surface area contributed by atoms with E-state index in [0.717, 1.165) is 25.9 Å². The molecule has 24 heavy (non-hydrogen) atoms. The summed E-state index contributed by atoms with van der Waals surface area (Å²) in [4.78, 5) is 18.0. The Balaban J connectivity index is 0.00000169. The predicted molar refractivity (Wildman–Crippen MR) is 99.4 cm³/mol. The minimum atomic E-state index is 0. The van der Waals surface area contributed by atoms with Crippen molar-refractivity contribution in [2.75, 3.05) is 13.1 Å². The van der Waals surface area contributed by atoms with Crippen molar-refractivity contribution in [3.63, 3.8) is 0 Å². The summed E-state index contributed by atoms with van der Waals surface area (Å²) in [5, 5.41) is 1.25. The largest absolute Gasteiger partial charge is 0.361 e. The monoisotopic (exact) mass is 347 g/mol. The van der Waals surface area contributed by atoms with Crippen molar-refractivity contribution in [1.82, 2.24) is 9.88 Å². The molecule has 2 fully saturated rings. The Morgan fingerprint density at radius 2 is 2.17 bits per heavy atom. The van der Waals surface area contributed by atoms with Gasteiger partial charge in [0.05, 0.1) is 0 Å². The molecule has 1 aliphatic heterocycles. The van der Waals surface area contributed by atoms with Gasteiger partial charge in [0.1, 0.15) is 0 Å². The molecule has 3 atom stereocenters. The third kappa shape index (κ3) is 2.93. The number of aryl methyl sites for hydroxylation is 2. The van der Waals surface area contributed by atoms with Crippen molar-refractivity contribution in [1.29, 1.82) is 0 Å². The van der Waals surface area contributed by atoms with E-state index in [9.17, 15) is 4.79 Å². The van der Waals surface area contributed by atoms with E-state index in [2.05, 4.69) is 41.2 Å². The molecule has 1 amide bonds. The molecule has 4 nitrogen and oxygen atoms in total. The molecule has 1 aliphatic carbocycles. The highest BCUT2D eigenvalue weighted by Gasteiger charge is 2.42. The van der Waals surface area contributed by atoms with Crippen LogP contribution in [0, 0.1) is 18.8 Å². The fourth-order valence-corrected chi connectivity index (χ4v) is 4.48. The maximum atomic E-state index is 12.6. The Bertz CT molecular complexity index is 741. The van der Waals surface area contributed by atoms with Gasteiger partial charge in [-0.1, -0.05) is 18.2 Å². The molecule has 5 heteroatoms. The van der Waals surface area contributed by atoms with Crippen LogP contribution in [0.4, 0.5) is 0 Å². The molecule has 0 radical (unpaired) electrons. The Hall–Kier alpha value is -1.52. The lowest BCUT2D eigenvalue weighted by molar-refractivity contribution is -0.130. The standard InChI is InChI=1S/C19H25N3O.ClH/c1-12-3-2-4-15-13(9-21-19(12)15)6-8-18(23)22-10-14-5-7-17(20)16(14)11-22;/h2-4,9,14,16-17,21H,5-8,10-11,20H2,1H3;1H. The fraction of sp³-hybridized carbons (Fsp3) is 0.526. The number of likely N-dealkylation sites (tertiary alicyclic amines) is 1. The van der Waals surface area contributed by atoms with Crippen LogP contribution >= 0.6 is 12.4 Å². The predicted octanol–water partition coefficient (Wildman–Crippen LogP) is 3.03. The van der Waals surface area contributed by atoms with Gasteiger partial charge in [-0.2, -0.15) is 0 Å². The lowest BCUT2D eigenvalue weighted by Crippen LogP contribution is -2.33. The molecule has 4 rings (SSSR count). The number of carbonyl (C=O) groups excluding carboxylic acids is 1. The van der Waals surface area contributed by atoms with Crippen molar-refractivity contribution in [3.05, 3.63) is 35.5 Å². The van der Waals surface area contributed by atoms with Crippen molar-refractivity contribution < 1.29 is 4.79 Å². The number of rotatable bonds is 3. The first-order chi connectivity index (χ1) is 11.1. The van der Waals surface area contributed by atoms with E-state index >= 15 is 0 Å². The molecular formula is C19H26ClN3O. The topological polar surface area (TPSA) is 62.1 Å². The summed E-state index contributed by atoms with van der Waals surface area (Å²) in [6.07, 6.45) is 5.78. The molecule has 130 valence electrons. The van der Waals surface area contributed by atoms with E-state index < -0.39 is 0 Å². The molecule has 1 aromatic carbocycles. The van der Waals surface area contributed by atoms with Gasteiger partial charge in [0.25, 0.3) is 0 Å². The van der Waals surface area contributed by atoms with Gasteiger partial charge in [-0.15, -0.1) is 12.4 Å². The summed E-state index contributed by atoms with van der Waals surface area (Å²) in [6, 6.07) is 6.63. The highest BCUT2D eigenvalue weighted by molar-refractivity contribution is 5.86. The number of para-hydroxylation sites is 1. The fourth-order valence-electron chi connectivity index (χ4n) is 4.48. The molecule has 2 heterocycles. The van der Waals surface area contributed by atoms with Crippen LogP contribution in [0.2, 0.25) is 0 Å². The summed E-state index contributed by atoms with van der Waals surface area (Å²) < 4.78 is 0. The highest BCUT2D eigenvalue weighted by Crippen LogP contribution is 2.37. The van der Waals surface area contributed by atoms with Gasteiger partial charge in [0, 0.05) is 42.7 Å². The number of amides is 1. The van der Waals surface area contributed by atoms with Crippen molar-refractivity contribution in [2.24, 2.45) is 17.6 Å². The van der Waals surface area contributed by atoms with Gasteiger partial charge in [0.2, 0.25) is 5.91 Å². The Kier molecular flexibility index (Phi) is 4.88. The second kappa shape index (κ2) is 6.77.